The van der Waals surface area contributed by atoms with E-state index in [1.54, 1.807) is 13.1 Å². The van der Waals surface area contributed by atoms with E-state index in [1.165, 1.54) is 0 Å². The van der Waals surface area contributed by atoms with Crippen LogP contribution in [0.2, 0.25) is 0 Å². The van der Waals surface area contributed by atoms with Crippen molar-refractivity contribution >= 4 is 17.3 Å². The molecule has 0 saturated carbocycles. The third kappa shape index (κ3) is 1.87. The summed E-state index contributed by atoms with van der Waals surface area (Å²) in [5.74, 6) is -0.171. The highest BCUT2D eigenvalue weighted by atomic mass is 35.5. The largest absolute Gasteiger partial charge is 0.378 e. The number of fused-ring (bicyclic) bond motifs is 1. The van der Waals surface area contributed by atoms with Crippen molar-refractivity contribution in [3.8, 4) is 0 Å². The fraction of sp³-hybridized carbons (Fsp3) is 0.462. The van der Waals surface area contributed by atoms with Gasteiger partial charge in [0, 0.05) is 11.0 Å². The van der Waals surface area contributed by atoms with Crippen LogP contribution in [0.1, 0.15) is 20.8 Å². The molecule has 7 heteroatoms. The van der Waals surface area contributed by atoms with Crippen LogP contribution in [0.3, 0.4) is 0 Å². The minimum atomic E-state index is -1.48. The van der Waals surface area contributed by atoms with Gasteiger partial charge in [-0.25, -0.2) is 4.99 Å². The molecule has 20 heavy (non-hydrogen) atoms. The Morgan fingerprint density at radius 3 is 2.60 bits per heavy atom. The van der Waals surface area contributed by atoms with Gasteiger partial charge in [0.15, 0.2) is 0 Å². The van der Waals surface area contributed by atoms with Gasteiger partial charge >= 0.3 is 5.70 Å². The van der Waals surface area contributed by atoms with Gasteiger partial charge in [-0.05, 0) is 20.0 Å². The highest BCUT2D eigenvalue weighted by Gasteiger charge is 2.52. The Morgan fingerprint density at radius 2 is 2.10 bits per heavy atom. The summed E-state index contributed by atoms with van der Waals surface area (Å²) in [5.41, 5.74) is 7.24. The van der Waals surface area contributed by atoms with Gasteiger partial charge in [-0.15, -0.1) is 0 Å². The second kappa shape index (κ2) is 4.43. The summed E-state index contributed by atoms with van der Waals surface area (Å²) in [7, 11) is 1.57. The van der Waals surface area contributed by atoms with Crippen molar-refractivity contribution in [3.05, 3.63) is 44.9 Å². The van der Waals surface area contributed by atoms with Crippen LogP contribution < -0.4 is 11.1 Å². The lowest BCUT2D eigenvalue weighted by Gasteiger charge is -2.37. The van der Waals surface area contributed by atoms with E-state index in [9.17, 15) is 10.1 Å². The molecular weight excluding hydrogens is 280 g/mol. The molecule has 3 N–H and O–H groups in total. The lowest BCUT2D eigenvalue weighted by molar-refractivity contribution is -0.432. The molecule has 0 aromatic rings. The number of aliphatic imine (C=N–C) groups is 1. The number of nitrogens with one attached hydrogen (secondary N) is 1. The monoisotopic (exact) mass is 296 g/mol. The third-order valence-corrected chi connectivity index (χ3v) is 4.49. The van der Waals surface area contributed by atoms with Gasteiger partial charge < -0.3 is 5.73 Å². The smallest absolute Gasteiger partial charge is 0.327 e. The van der Waals surface area contributed by atoms with Gasteiger partial charge in [-0.2, -0.15) is 0 Å². The molecule has 0 spiro atoms. The lowest BCUT2D eigenvalue weighted by Crippen LogP contribution is -2.50. The molecule has 1 unspecified atom stereocenters. The molecule has 1 atom stereocenters. The molecule has 1 aliphatic carbocycles. The number of nitro groups is 1. The maximum absolute atomic E-state index is 11.3. The minimum Gasteiger partial charge on any atom is -0.378 e. The van der Waals surface area contributed by atoms with E-state index in [-0.39, 0.29) is 16.9 Å². The Bertz CT molecular complexity index is 616. The fourth-order valence-electron chi connectivity index (χ4n) is 2.48. The molecule has 0 aromatic heterocycles. The first-order chi connectivity index (χ1) is 9.15. The zero-order chi connectivity index (χ0) is 15.3. The average molecular weight is 297 g/mol. The maximum Gasteiger partial charge on any atom is 0.327 e. The molecule has 0 radical (unpaired) electrons. The molecule has 1 aliphatic heterocycles. The van der Waals surface area contributed by atoms with Crippen LogP contribution in [0.25, 0.3) is 0 Å². The quantitative estimate of drug-likeness (QED) is 0.352. The fourth-order valence-corrected chi connectivity index (χ4v) is 2.88. The standard InChI is InChI=1S/C13H17ClN4O2/c1-7-9-8(5-6-12(7,2)3)17-11(15)10(18(19)20)13(9,14)16-4/h5-6,16H,15H2,1-4H3. The Morgan fingerprint density at radius 1 is 1.50 bits per heavy atom. The van der Waals surface area contributed by atoms with Gasteiger partial charge in [0.25, 0.3) is 0 Å². The van der Waals surface area contributed by atoms with Gasteiger partial charge in [-0.1, -0.05) is 37.1 Å². The van der Waals surface area contributed by atoms with Crippen molar-refractivity contribution in [3.63, 3.8) is 0 Å². The zero-order valence-electron chi connectivity index (χ0n) is 11.8. The molecule has 0 fully saturated rings. The van der Waals surface area contributed by atoms with Gasteiger partial charge in [-0.3, -0.25) is 15.4 Å². The summed E-state index contributed by atoms with van der Waals surface area (Å²) in [6.07, 6.45) is 3.79. The SMILES string of the molecule is CNC1(Cl)C2=C(C)C(C)(C)C=CC2=NC(N)=C1[N+](=O)[O-]. The Kier molecular flexibility index (Phi) is 3.26. The number of likely N-dealkylation sites (N-methyl/N-ethyl adjacent to an activating group) is 1. The van der Waals surface area contributed by atoms with Crippen molar-refractivity contribution in [2.24, 2.45) is 16.1 Å². The van der Waals surface area contributed by atoms with Crippen molar-refractivity contribution in [2.75, 3.05) is 7.05 Å². The number of nitrogens with zero attached hydrogens (tertiary/aromatic N) is 2. The maximum atomic E-state index is 11.3. The molecule has 0 bridgehead atoms. The average Bonchev–Trinajstić information content (AvgIpc) is 2.33. The summed E-state index contributed by atoms with van der Waals surface area (Å²) in [6, 6.07) is 0. The topological polar surface area (TPSA) is 93.5 Å². The Labute approximate surface area is 122 Å². The highest BCUT2D eigenvalue weighted by Crippen LogP contribution is 2.45. The zero-order valence-corrected chi connectivity index (χ0v) is 12.6. The number of hydrogen-bond acceptors (Lipinski definition) is 5. The number of rotatable bonds is 2. The van der Waals surface area contributed by atoms with E-state index in [2.05, 4.69) is 10.3 Å². The number of allylic oxidation sites excluding steroid dienone is 3. The first-order valence-electron chi connectivity index (χ1n) is 6.17. The highest BCUT2D eigenvalue weighted by molar-refractivity contribution is 6.33. The predicted octanol–water partition coefficient (Wildman–Crippen LogP) is 1.91. The Hall–Kier alpha value is -1.66. The second-order valence-corrected chi connectivity index (χ2v) is 6.02. The first-order valence-corrected chi connectivity index (χ1v) is 6.55. The van der Waals surface area contributed by atoms with Crippen LogP contribution in [-0.4, -0.2) is 22.7 Å². The molecule has 0 saturated heterocycles. The molecule has 108 valence electrons. The summed E-state index contributed by atoms with van der Waals surface area (Å²) < 4.78 is 0. The molecule has 6 nitrogen and oxygen atoms in total. The van der Waals surface area contributed by atoms with Crippen LogP contribution in [0, 0.1) is 15.5 Å². The van der Waals surface area contributed by atoms with E-state index in [4.69, 9.17) is 17.3 Å². The van der Waals surface area contributed by atoms with Crippen molar-refractivity contribution in [1.82, 2.24) is 5.32 Å². The van der Waals surface area contributed by atoms with Gasteiger partial charge in [0.05, 0.1) is 10.6 Å². The van der Waals surface area contributed by atoms with Crippen LogP contribution in [0.4, 0.5) is 0 Å². The summed E-state index contributed by atoms with van der Waals surface area (Å²) in [5, 5.41) is 14.1. The summed E-state index contributed by atoms with van der Waals surface area (Å²) in [4.78, 5) is 13.4. The van der Waals surface area contributed by atoms with E-state index in [0.717, 1.165) is 5.57 Å². The van der Waals surface area contributed by atoms with Crippen molar-refractivity contribution in [1.29, 1.82) is 0 Å². The van der Waals surface area contributed by atoms with Crippen LogP contribution in [-0.2, 0) is 0 Å². The summed E-state index contributed by atoms with van der Waals surface area (Å²) >= 11 is 6.55. The van der Waals surface area contributed by atoms with Crippen LogP contribution in [0.5, 0.6) is 0 Å². The molecule has 1 heterocycles. The molecular formula is C13H17ClN4O2. The first kappa shape index (κ1) is 14.7. The van der Waals surface area contributed by atoms with Crippen molar-refractivity contribution in [2.45, 2.75) is 25.8 Å². The number of nitrogens with two attached hydrogens (primary N) is 1. The minimum absolute atomic E-state index is 0.171. The van der Waals surface area contributed by atoms with Crippen LogP contribution in [0.15, 0.2) is 39.8 Å². The predicted molar refractivity (Wildman–Crippen MR) is 78.9 cm³/mol. The normalized spacial score (nSPS) is 28.4. The molecule has 2 aliphatic rings. The molecule has 0 amide bonds. The van der Waals surface area contributed by atoms with E-state index in [0.29, 0.717) is 11.3 Å². The summed E-state index contributed by atoms with van der Waals surface area (Å²) in [6.45, 7) is 5.94. The van der Waals surface area contributed by atoms with Gasteiger partial charge in [0.2, 0.25) is 10.8 Å². The van der Waals surface area contributed by atoms with E-state index >= 15 is 0 Å². The molecule has 0 aromatic carbocycles. The number of halogens is 1. The third-order valence-electron chi connectivity index (χ3n) is 3.94. The van der Waals surface area contributed by atoms with Crippen LogP contribution >= 0.6 is 11.6 Å². The second-order valence-electron chi connectivity index (χ2n) is 5.45. The van der Waals surface area contributed by atoms with E-state index < -0.39 is 9.92 Å². The van der Waals surface area contributed by atoms with Crippen molar-refractivity contribution < 1.29 is 4.92 Å². The molecule has 2 rings (SSSR count). The number of hydrogen-bond donors (Lipinski definition) is 2. The number of alkyl halides is 1. The lowest BCUT2D eigenvalue weighted by atomic mass is 9.74. The van der Waals surface area contributed by atoms with E-state index in [1.807, 2.05) is 26.8 Å². The van der Waals surface area contributed by atoms with Gasteiger partial charge in [0.1, 0.15) is 0 Å². The Balaban J connectivity index is 2.81.